The van der Waals surface area contributed by atoms with Gasteiger partial charge in [-0.15, -0.1) is 0 Å². The number of nitrogens with one attached hydrogen (secondary N) is 1. The third-order valence-corrected chi connectivity index (χ3v) is 4.56. The normalized spacial score (nSPS) is 12.1. The van der Waals surface area contributed by atoms with Crippen LogP contribution in [0.1, 0.15) is 61.1 Å². The van der Waals surface area contributed by atoms with E-state index < -0.39 is 5.97 Å². The molecule has 0 fully saturated rings. The second kappa shape index (κ2) is 9.51. The molecule has 144 valence electrons. The molecule has 27 heavy (non-hydrogen) atoms. The largest absolute Gasteiger partial charge is 0.452 e. The van der Waals surface area contributed by atoms with E-state index in [0.717, 1.165) is 5.56 Å². The van der Waals surface area contributed by atoms with Crippen molar-refractivity contribution in [2.45, 2.75) is 39.7 Å². The summed E-state index contributed by atoms with van der Waals surface area (Å²) < 4.78 is 5.06. The maximum absolute atomic E-state index is 12.3. The van der Waals surface area contributed by atoms with Gasteiger partial charge in [-0.25, -0.2) is 9.78 Å². The van der Waals surface area contributed by atoms with Gasteiger partial charge in [0.05, 0.1) is 11.6 Å². The van der Waals surface area contributed by atoms with E-state index in [1.807, 2.05) is 26.0 Å². The zero-order valence-electron chi connectivity index (χ0n) is 16.0. The molecule has 6 heteroatoms. The lowest BCUT2D eigenvalue weighted by Gasteiger charge is -2.23. The van der Waals surface area contributed by atoms with E-state index >= 15 is 0 Å². The lowest BCUT2D eigenvalue weighted by molar-refractivity contribution is -0.125. The molecule has 2 rings (SSSR count). The van der Waals surface area contributed by atoms with Crippen molar-refractivity contribution in [1.29, 1.82) is 0 Å². The molecule has 0 spiro atoms. The fourth-order valence-electron chi connectivity index (χ4n) is 2.69. The number of carbonyl (C=O) groups is 2. The van der Waals surface area contributed by atoms with Crippen LogP contribution in [-0.4, -0.2) is 23.5 Å². The number of esters is 1. The first-order valence-corrected chi connectivity index (χ1v) is 9.34. The SMILES string of the molecule is CC(C)c1ccc([C@H](NC(=O)COC(=O)c2cccnc2Cl)C(C)C)cc1. The minimum absolute atomic E-state index is 0.0493. The second-order valence-corrected chi connectivity index (χ2v) is 7.39. The van der Waals surface area contributed by atoms with Crippen molar-refractivity contribution in [3.63, 3.8) is 0 Å². The highest BCUT2D eigenvalue weighted by Gasteiger charge is 2.20. The van der Waals surface area contributed by atoms with Crippen LogP contribution in [-0.2, 0) is 9.53 Å². The van der Waals surface area contributed by atoms with Crippen molar-refractivity contribution in [1.82, 2.24) is 10.3 Å². The third-order valence-electron chi connectivity index (χ3n) is 4.26. The van der Waals surface area contributed by atoms with Gasteiger partial charge in [-0.2, -0.15) is 0 Å². The minimum Gasteiger partial charge on any atom is -0.452 e. The molecule has 0 radical (unpaired) electrons. The van der Waals surface area contributed by atoms with Crippen LogP contribution in [0.25, 0.3) is 0 Å². The highest BCUT2D eigenvalue weighted by molar-refractivity contribution is 6.32. The molecule has 1 N–H and O–H groups in total. The van der Waals surface area contributed by atoms with Gasteiger partial charge < -0.3 is 10.1 Å². The summed E-state index contributed by atoms with van der Waals surface area (Å²) in [7, 11) is 0. The number of nitrogens with zero attached hydrogens (tertiary/aromatic N) is 1. The van der Waals surface area contributed by atoms with E-state index in [0.29, 0.717) is 5.92 Å². The van der Waals surface area contributed by atoms with Gasteiger partial charge in [0.2, 0.25) is 0 Å². The number of carbonyl (C=O) groups excluding carboxylic acids is 2. The number of benzene rings is 1. The van der Waals surface area contributed by atoms with E-state index in [9.17, 15) is 9.59 Å². The summed E-state index contributed by atoms with van der Waals surface area (Å²) in [5.41, 5.74) is 2.40. The fourth-order valence-corrected chi connectivity index (χ4v) is 2.88. The summed E-state index contributed by atoms with van der Waals surface area (Å²) in [4.78, 5) is 28.1. The Hall–Kier alpha value is -2.40. The van der Waals surface area contributed by atoms with E-state index in [1.165, 1.54) is 17.8 Å². The predicted molar refractivity (Wildman–Crippen MR) is 106 cm³/mol. The Bertz CT molecular complexity index is 788. The molecule has 2 aromatic rings. The summed E-state index contributed by atoms with van der Waals surface area (Å²) in [6.45, 7) is 7.96. The van der Waals surface area contributed by atoms with Gasteiger partial charge in [-0.1, -0.05) is 63.6 Å². The van der Waals surface area contributed by atoms with Gasteiger partial charge in [0.1, 0.15) is 5.15 Å². The van der Waals surface area contributed by atoms with Gasteiger partial charge in [0.15, 0.2) is 6.61 Å². The van der Waals surface area contributed by atoms with Gasteiger partial charge in [0.25, 0.3) is 5.91 Å². The Morgan fingerprint density at radius 3 is 2.26 bits per heavy atom. The second-order valence-electron chi connectivity index (χ2n) is 7.03. The van der Waals surface area contributed by atoms with Crippen LogP contribution in [0.4, 0.5) is 0 Å². The Morgan fingerprint density at radius 1 is 1.07 bits per heavy atom. The maximum Gasteiger partial charge on any atom is 0.341 e. The van der Waals surface area contributed by atoms with Crippen LogP contribution in [0.15, 0.2) is 42.6 Å². The fraction of sp³-hybridized carbons (Fsp3) is 0.381. The number of pyridine rings is 1. The molecule has 0 aliphatic heterocycles. The molecular formula is C21H25ClN2O3. The standard InChI is InChI=1S/C21H25ClN2O3/c1-13(2)15-7-9-16(10-8-15)19(14(3)4)24-18(25)12-27-21(26)17-6-5-11-23-20(17)22/h5-11,13-14,19H,12H2,1-4H3,(H,24,25)/t19-/m1/s1. The molecule has 1 aromatic carbocycles. The Kier molecular flexibility index (Phi) is 7.36. The van der Waals surface area contributed by atoms with Crippen molar-refractivity contribution in [2.75, 3.05) is 6.61 Å². The van der Waals surface area contributed by atoms with Crippen LogP contribution in [0.2, 0.25) is 5.15 Å². The average Bonchev–Trinajstić information content (AvgIpc) is 2.64. The highest BCUT2D eigenvalue weighted by atomic mass is 35.5. The molecular weight excluding hydrogens is 364 g/mol. The topological polar surface area (TPSA) is 68.3 Å². The van der Waals surface area contributed by atoms with Crippen molar-refractivity contribution in [3.05, 3.63) is 64.4 Å². The van der Waals surface area contributed by atoms with Crippen molar-refractivity contribution >= 4 is 23.5 Å². The number of ether oxygens (including phenoxy) is 1. The molecule has 5 nitrogen and oxygen atoms in total. The summed E-state index contributed by atoms with van der Waals surface area (Å²) in [6, 6.07) is 11.1. The molecule has 1 aromatic heterocycles. The number of aromatic nitrogens is 1. The summed E-state index contributed by atoms with van der Waals surface area (Å²) >= 11 is 5.86. The quantitative estimate of drug-likeness (QED) is 0.559. The summed E-state index contributed by atoms with van der Waals surface area (Å²) in [5.74, 6) is -0.409. The number of rotatable bonds is 7. The summed E-state index contributed by atoms with van der Waals surface area (Å²) in [5, 5.41) is 2.99. The first-order chi connectivity index (χ1) is 12.8. The van der Waals surface area contributed by atoms with Gasteiger partial charge in [-0.05, 0) is 35.1 Å². The zero-order chi connectivity index (χ0) is 20.0. The third kappa shape index (κ3) is 5.79. The smallest absolute Gasteiger partial charge is 0.341 e. The summed E-state index contributed by atoms with van der Waals surface area (Å²) in [6.07, 6.45) is 1.48. The van der Waals surface area contributed by atoms with Gasteiger partial charge >= 0.3 is 5.97 Å². The predicted octanol–water partition coefficient (Wildman–Crippen LogP) is 4.53. The molecule has 0 saturated carbocycles. The molecule has 1 amide bonds. The lowest BCUT2D eigenvalue weighted by Crippen LogP contribution is -2.35. The van der Waals surface area contributed by atoms with Crippen LogP contribution >= 0.6 is 11.6 Å². The molecule has 0 saturated heterocycles. The first kappa shape index (κ1) is 20.9. The monoisotopic (exact) mass is 388 g/mol. The van der Waals surface area contributed by atoms with Crippen molar-refractivity contribution in [2.24, 2.45) is 5.92 Å². The molecule has 0 unspecified atom stereocenters. The van der Waals surface area contributed by atoms with Gasteiger partial charge in [0, 0.05) is 6.20 Å². The molecule has 1 atom stereocenters. The van der Waals surface area contributed by atoms with E-state index in [1.54, 1.807) is 6.07 Å². The molecule has 0 bridgehead atoms. The molecule has 0 aliphatic carbocycles. The molecule has 0 aliphatic rings. The number of hydrogen-bond acceptors (Lipinski definition) is 4. The average molecular weight is 389 g/mol. The first-order valence-electron chi connectivity index (χ1n) is 8.96. The highest BCUT2D eigenvalue weighted by Crippen LogP contribution is 2.24. The number of hydrogen-bond donors (Lipinski definition) is 1. The van der Waals surface area contributed by atoms with Gasteiger partial charge in [-0.3, -0.25) is 4.79 Å². The Labute approximate surface area is 165 Å². The van der Waals surface area contributed by atoms with Crippen LogP contribution in [0.5, 0.6) is 0 Å². The van der Waals surface area contributed by atoms with Crippen molar-refractivity contribution < 1.29 is 14.3 Å². The van der Waals surface area contributed by atoms with Crippen LogP contribution in [0, 0.1) is 5.92 Å². The van der Waals surface area contributed by atoms with Crippen LogP contribution in [0.3, 0.4) is 0 Å². The Balaban J connectivity index is 1.98. The number of amides is 1. The van der Waals surface area contributed by atoms with E-state index in [-0.39, 0.29) is 35.2 Å². The lowest BCUT2D eigenvalue weighted by atomic mass is 9.93. The Morgan fingerprint density at radius 2 is 1.70 bits per heavy atom. The minimum atomic E-state index is -0.675. The van der Waals surface area contributed by atoms with E-state index in [2.05, 4.69) is 36.3 Å². The maximum atomic E-state index is 12.3. The van der Waals surface area contributed by atoms with Crippen LogP contribution < -0.4 is 5.32 Å². The zero-order valence-corrected chi connectivity index (χ0v) is 16.8. The number of halogens is 1. The molecule has 1 heterocycles. The van der Waals surface area contributed by atoms with E-state index in [4.69, 9.17) is 16.3 Å². The van der Waals surface area contributed by atoms with Crippen molar-refractivity contribution in [3.8, 4) is 0 Å².